The van der Waals surface area contributed by atoms with E-state index in [0.717, 1.165) is 41.9 Å². The van der Waals surface area contributed by atoms with Crippen LogP contribution >= 0.6 is 24.8 Å². The van der Waals surface area contributed by atoms with Crippen LogP contribution in [0.4, 0.5) is 0 Å². The Labute approximate surface area is 124 Å². The van der Waals surface area contributed by atoms with E-state index in [4.69, 9.17) is 5.73 Å². The summed E-state index contributed by atoms with van der Waals surface area (Å²) in [6, 6.07) is 3.94. The van der Waals surface area contributed by atoms with Crippen LogP contribution in [0.3, 0.4) is 0 Å². The lowest BCUT2D eigenvalue weighted by Gasteiger charge is -2.20. The fourth-order valence-electron chi connectivity index (χ4n) is 2.22. The molecule has 0 saturated carbocycles. The summed E-state index contributed by atoms with van der Waals surface area (Å²) in [5.41, 5.74) is 9.25. The lowest BCUT2D eigenvalue weighted by atomic mass is 9.93. The van der Waals surface area contributed by atoms with Gasteiger partial charge in [0.2, 0.25) is 0 Å². The van der Waals surface area contributed by atoms with Gasteiger partial charge >= 0.3 is 0 Å². The molecule has 0 aliphatic heterocycles. The molecule has 2 aromatic rings. The number of fused-ring (bicyclic) bond motifs is 1. The molecule has 0 saturated heterocycles. The Morgan fingerprint density at radius 1 is 1.16 bits per heavy atom. The number of hydrogen-bond donors (Lipinski definition) is 1. The van der Waals surface area contributed by atoms with Crippen LogP contribution in [0.25, 0.3) is 11.4 Å². The lowest BCUT2D eigenvalue weighted by Crippen LogP contribution is -2.19. The zero-order valence-electron chi connectivity index (χ0n) is 10.3. The molecule has 2 N–H and O–H groups in total. The van der Waals surface area contributed by atoms with Crippen molar-refractivity contribution in [1.82, 2.24) is 15.0 Å². The Bertz CT molecular complexity index is 533. The van der Waals surface area contributed by atoms with E-state index >= 15 is 0 Å². The van der Waals surface area contributed by atoms with Gasteiger partial charge in [0.1, 0.15) is 0 Å². The third kappa shape index (κ3) is 3.21. The van der Waals surface area contributed by atoms with Gasteiger partial charge in [-0.05, 0) is 31.4 Å². The van der Waals surface area contributed by atoms with Crippen molar-refractivity contribution in [2.75, 3.05) is 0 Å². The second-order valence-electron chi connectivity index (χ2n) is 4.33. The maximum Gasteiger partial charge on any atom is 0.159 e. The zero-order valence-corrected chi connectivity index (χ0v) is 12.0. The first-order valence-corrected chi connectivity index (χ1v) is 5.86. The number of nitrogens with two attached hydrogens (primary N) is 1. The van der Waals surface area contributed by atoms with Crippen molar-refractivity contribution < 1.29 is 0 Å². The summed E-state index contributed by atoms with van der Waals surface area (Å²) in [5.74, 6) is 0.764. The van der Waals surface area contributed by atoms with Crippen molar-refractivity contribution in [2.45, 2.75) is 25.3 Å². The summed E-state index contributed by atoms with van der Waals surface area (Å²) in [5, 5.41) is 0. The highest BCUT2D eigenvalue weighted by molar-refractivity contribution is 5.85. The fourth-order valence-corrected chi connectivity index (χ4v) is 2.22. The van der Waals surface area contributed by atoms with Gasteiger partial charge in [-0.25, -0.2) is 9.97 Å². The maximum atomic E-state index is 6.05. The van der Waals surface area contributed by atoms with Gasteiger partial charge < -0.3 is 5.73 Å². The highest BCUT2D eigenvalue weighted by Crippen LogP contribution is 2.27. The number of aryl methyl sites for hydroxylation is 1. The zero-order chi connectivity index (χ0) is 11.7. The first-order chi connectivity index (χ1) is 8.34. The van der Waals surface area contributed by atoms with E-state index in [1.54, 1.807) is 12.4 Å². The number of pyridine rings is 1. The van der Waals surface area contributed by atoms with Crippen LogP contribution in [0.15, 0.2) is 30.7 Å². The van der Waals surface area contributed by atoms with Crippen molar-refractivity contribution in [2.24, 2.45) is 5.73 Å². The van der Waals surface area contributed by atoms with Gasteiger partial charge in [0.15, 0.2) is 5.82 Å². The maximum absolute atomic E-state index is 6.05. The van der Waals surface area contributed by atoms with Crippen LogP contribution in [0.1, 0.15) is 30.1 Å². The van der Waals surface area contributed by atoms with Gasteiger partial charge in [-0.2, -0.15) is 0 Å². The minimum Gasteiger partial charge on any atom is -0.324 e. The molecule has 6 heteroatoms. The second-order valence-corrected chi connectivity index (χ2v) is 4.33. The first-order valence-electron chi connectivity index (χ1n) is 5.86. The van der Waals surface area contributed by atoms with E-state index in [-0.39, 0.29) is 30.9 Å². The molecule has 0 amide bonds. The molecule has 1 aliphatic rings. The topological polar surface area (TPSA) is 64.7 Å². The summed E-state index contributed by atoms with van der Waals surface area (Å²) >= 11 is 0. The second kappa shape index (κ2) is 6.80. The van der Waals surface area contributed by atoms with Gasteiger partial charge in [-0.1, -0.05) is 0 Å². The van der Waals surface area contributed by atoms with E-state index in [1.165, 1.54) is 0 Å². The molecule has 2 aromatic heterocycles. The van der Waals surface area contributed by atoms with Gasteiger partial charge in [-0.15, -0.1) is 24.8 Å². The SMILES string of the molecule is Cl.Cl.NC1CCCc2nc(-c3ccncc3)ncc21. The predicted molar refractivity (Wildman–Crippen MR) is 79.6 cm³/mol. The molecule has 0 aromatic carbocycles. The van der Waals surface area contributed by atoms with Gasteiger partial charge in [0.05, 0.1) is 0 Å². The molecule has 3 rings (SSSR count). The lowest BCUT2D eigenvalue weighted by molar-refractivity contribution is 0.557. The molecule has 0 radical (unpaired) electrons. The third-order valence-electron chi connectivity index (χ3n) is 3.17. The van der Waals surface area contributed by atoms with Gasteiger partial charge in [-0.3, -0.25) is 4.98 Å². The van der Waals surface area contributed by atoms with Crippen LogP contribution in [-0.2, 0) is 6.42 Å². The van der Waals surface area contributed by atoms with Crippen molar-refractivity contribution in [3.05, 3.63) is 42.0 Å². The monoisotopic (exact) mass is 298 g/mol. The molecule has 1 unspecified atom stereocenters. The molecule has 0 fully saturated rings. The number of halogens is 2. The summed E-state index contributed by atoms with van der Waals surface area (Å²) in [7, 11) is 0. The van der Waals surface area contributed by atoms with Crippen LogP contribution in [0.2, 0.25) is 0 Å². The van der Waals surface area contributed by atoms with Gasteiger partial charge in [0, 0.05) is 41.5 Å². The smallest absolute Gasteiger partial charge is 0.159 e. The van der Waals surface area contributed by atoms with Crippen molar-refractivity contribution in [1.29, 1.82) is 0 Å². The normalized spacial score (nSPS) is 16.8. The van der Waals surface area contributed by atoms with E-state index in [1.807, 2.05) is 18.3 Å². The van der Waals surface area contributed by atoms with Gasteiger partial charge in [0.25, 0.3) is 0 Å². The molecule has 2 heterocycles. The average molecular weight is 299 g/mol. The van der Waals surface area contributed by atoms with E-state index in [9.17, 15) is 0 Å². The Kier molecular flexibility index (Phi) is 5.66. The number of nitrogens with zero attached hydrogens (tertiary/aromatic N) is 3. The minimum absolute atomic E-state index is 0. The minimum atomic E-state index is 0. The highest BCUT2D eigenvalue weighted by atomic mass is 35.5. The molecule has 1 atom stereocenters. The Morgan fingerprint density at radius 2 is 1.89 bits per heavy atom. The highest BCUT2D eigenvalue weighted by Gasteiger charge is 2.19. The fraction of sp³-hybridized carbons (Fsp3) is 0.308. The number of aromatic nitrogens is 3. The van der Waals surface area contributed by atoms with Crippen LogP contribution in [0, 0.1) is 0 Å². The summed E-state index contributed by atoms with van der Waals surface area (Å²) in [4.78, 5) is 13.0. The van der Waals surface area contributed by atoms with E-state index in [2.05, 4.69) is 15.0 Å². The van der Waals surface area contributed by atoms with Crippen LogP contribution < -0.4 is 5.73 Å². The Morgan fingerprint density at radius 3 is 2.63 bits per heavy atom. The van der Waals surface area contributed by atoms with Crippen LogP contribution in [-0.4, -0.2) is 15.0 Å². The average Bonchev–Trinajstić information content (AvgIpc) is 2.40. The molecule has 102 valence electrons. The summed E-state index contributed by atoms with van der Waals surface area (Å²) in [6.07, 6.45) is 8.53. The Hall–Kier alpha value is -1.23. The number of hydrogen-bond acceptors (Lipinski definition) is 4. The molecule has 0 spiro atoms. The molecular formula is C13H16Cl2N4. The molecule has 1 aliphatic carbocycles. The molecule has 19 heavy (non-hydrogen) atoms. The van der Waals surface area contributed by atoms with Crippen molar-refractivity contribution >= 4 is 24.8 Å². The third-order valence-corrected chi connectivity index (χ3v) is 3.17. The van der Waals surface area contributed by atoms with Crippen molar-refractivity contribution in [3.8, 4) is 11.4 Å². The van der Waals surface area contributed by atoms with E-state index < -0.39 is 0 Å². The summed E-state index contributed by atoms with van der Waals surface area (Å²) in [6.45, 7) is 0. The standard InChI is InChI=1S/C13H14N4.2ClH/c14-11-2-1-3-12-10(11)8-16-13(17-12)9-4-6-15-7-5-9;;/h4-8,11H,1-3,14H2;2*1H. The molecular weight excluding hydrogens is 283 g/mol. The van der Waals surface area contributed by atoms with Crippen molar-refractivity contribution in [3.63, 3.8) is 0 Å². The summed E-state index contributed by atoms with van der Waals surface area (Å²) < 4.78 is 0. The Balaban J connectivity index is 0.000000902. The largest absolute Gasteiger partial charge is 0.324 e. The first kappa shape index (κ1) is 15.8. The quantitative estimate of drug-likeness (QED) is 0.879. The van der Waals surface area contributed by atoms with E-state index in [0.29, 0.717) is 0 Å². The number of rotatable bonds is 1. The molecule has 0 bridgehead atoms. The predicted octanol–water partition coefficient (Wildman–Crippen LogP) is 2.72. The van der Waals surface area contributed by atoms with Crippen LogP contribution in [0.5, 0.6) is 0 Å². The molecule has 4 nitrogen and oxygen atoms in total.